The van der Waals surface area contributed by atoms with Crippen molar-refractivity contribution in [2.75, 3.05) is 13.2 Å². The van der Waals surface area contributed by atoms with Gasteiger partial charge in [0.25, 0.3) is 0 Å². The Bertz CT molecular complexity index is 527. The maximum absolute atomic E-state index is 12.8. The Hall–Kier alpha value is -1.85. The van der Waals surface area contributed by atoms with Crippen LogP contribution in [0.25, 0.3) is 0 Å². The van der Waals surface area contributed by atoms with Crippen molar-refractivity contribution in [1.82, 2.24) is 0 Å². The van der Waals surface area contributed by atoms with Gasteiger partial charge < -0.3 is 14.2 Å². The van der Waals surface area contributed by atoms with Crippen molar-refractivity contribution in [3.63, 3.8) is 0 Å². The predicted octanol–water partition coefficient (Wildman–Crippen LogP) is 4.36. The molecule has 1 rings (SSSR count). The van der Waals surface area contributed by atoms with Crippen LogP contribution in [0, 0.1) is 11.8 Å². The molecule has 1 aliphatic rings. The van der Waals surface area contributed by atoms with Crippen LogP contribution in [0.3, 0.4) is 0 Å². The van der Waals surface area contributed by atoms with E-state index in [0.29, 0.717) is 31.8 Å². The maximum atomic E-state index is 12.8. The summed E-state index contributed by atoms with van der Waals surface area (Å²) in [4.78, 5) is 37.5. The topological polar surface area (TPSA) is 78.9 Å². The largest absolute Gasteiger partial charge is 0.465 e. The average molecular weight is 397 g/mol. The highest BCUT2D eigenvalue weighted by Crippen LogP contribution is 2.39. The molecule has 0 bridgehead atoms. The number of hydrogen-bond acceptors (Lipinski definition) is 6. The molecule has 6 heteroatoms. The Morgan fingerprint density at radius 2 is 1.86 bits per heavy atom. The van der Waals surface area contributed by atoms with Crippen LogP contribution in [0.1, 0.15) is 78.6 Å². The van der Waals surface area contributed by atoms with Crippen molar-refractivity contribution < 1.29 is 28.6 Å². The van der Waals surface area contributed by atoms with Crippen LogP contribution in [0.15, 0.2) is 12.7 Å². The van der Waals surface area contributed by atoms with Gasteiger partial charge in [0.1, 0.15) is 5.92 Å². The normalized spacial score (nSPS) is 21.8. The van der Waals surface area contributed by atoms with Crippen molar-refractivity contribution in [3.8, 4) is 0 Å². The quantitative estimate of drug-likeness (QED) is 0.211. The van der Waals surface area contributed by atoms with E-state index in [1.54, 1.807) is 0 Å². The van der Waals surface area contributed by atoms with Crippen molar-refractivity contribution in [3.05, 3.63) is 12.7 Å². The molecule has 28 heavy (non-hydrogen) atoms. The lowest BCUT2D eigenvalue weighted by Crippen LogP contribution is -2.55. The summed E-state index contributed by atoms with van der Waals surface area (Å²) < 4.78 is 16.2. The Morgan fingerprint density at radius 1 is 1.11 bits per heavy atom. The second-order valence-electron chi connectivity index (χ2n) is 7.86. The van der Waals surface area contributed by atoms with E-state index in [4.69, 9.17) is 14.2 Å². The van der Waals surface area contributed by atoms with Crippen LogP contribution in [0.2, 0.25) is 0 Å². The summed E-state index contributed by atoms with van der Waals surface area (Å²) in [5.41, 5.74) is -1.62. The zero-order chi connectivity index (χ0) is 21.0. The van der Waals surface area contributed by atoms with Gasteiger partial charge in [0.2, 0.25) is 5.60 Å². The van der Waals surface area contributed by atoms with E-state index >= 15 is 0 Å². The summed E-state index contributed by atoms with van der Waals surface area (Å²) in [5.74, 6) is -2.07. The molecular formula is C22H36O6. The molecule has 2 atom stereocenters. The minimum absolute atomic E-state index is 0.212. The molecule has 2 unspecified atom stereocenters. The van der Waals surface area contributed by atoms with Crippen molar-refractivity contribution in [2.45, 2.75) is 84.2 Å². The fourth-order valence-electron chi connectivity index (χ4n) is 3.50. The SMILES string of the molecule is C=CC(=O)OC1(C(=O)OCCC)CCCCC1C(=O)OCCCCCC(C)C. The molecule has 0 aromatic heterocycles. The van der Waals surface area contributed by atoms with Crippen LogP contribution in [-0.2, 0) is 28.6 Å². The molecule has 0 amide bonds. The minimum atomic E-state index is -1.62. The molecule has 0 aliphatic heterocycles. The molecule has 160 valence electrons. The molecule has 0 heterocycles. The highest BCUT2D eigenvalue weighted by molar-refractivity contribution is 5.92. The molecule has 0 aromatic rings. The summed E-state index contributed by atoms with van der Waals surface area (Å²) in [5, 5.41) is 0. The number of hydrogen-bond donors (Lipinski definition) is 0. The first-order valence-corrected chi connectivity index (χ1v) is 10.6. The van der Waals surface area contributed by atoms with Gasteiger partial charge in [0.05, 0.1) is 13.2 Å². The first-order valence-electron chi connectivity index (χ1n) is 10.6. The van der Waals surface area contributed by atoms with E-state index in [1.165, 1.54) is 0 Å². The van der Waals surface area contributed by atoms with Crippen LogP contribution < -0.4 is 0 Å². The predicted molar refractivity (Wildman–Crippen MR) is 106 cm³/mol. The number of carbonyl (C=O) groups excluding carboxylic acids is 3. The molecule has 6 nitrogen and oxygen atoms in total. The second-order valence-corrected chi connectivity index (χ2v) is 7.86. The van der Waals surface area contributed by atoms with Gasteiger partial charge in [-0.1, -0.05) is 53.0 Å². The fraction of sp³-hybridized carbons (Fsp3) is 0.773. The van der Waals surface area contributed by atoms with Gasteiger partial charge in [-0.2, -0.15) is 0 Å². The van der Waals surface area contributed by atoms with Gasteiger partial charge in [0.15, 0.2) is 0 Å². The summed E-state index contributed by atoms with van der Waals surface area (Å²) in [6.45, 7) is 10.2. The standard InChI is InChI=1S/C22H36O6/c1-5-15-27-21(25)22(28-19(23)6-2)14-10-9-13-18(22)20(24)26-16-11-7-8-12-17(3)4/h6,17-18H,2,5,7-16H2,1,3-4H3. The fourth-order valence-corrected chi connectivity index (χ4v) is 3.50. The smallest absolute Gasteiger partial charge is 0.351 e. The van der Waals surface area contributed by atoms with Gasteiger partial charge in [-0.25, -0.2) is 9.59 Å². The second kappa shape index (κ2) is 12.6. The number of unbranched alkanes of at least 4 members (excludes halogenated alkanes) is 2. The van der Waals surface area contributed by atoms with Crippen LogP contribution in [-0.4, -0.2) is 36.7 Å². The summed E-state index contributed by atoms with van der Waals surface area (Å²) in [6, 6.07) is 0. The van der Waals surface area contributed by atoms with Gasteiger partial charge in [-0.05, 0) is 38.0 Å². The highest BCUT2D eigenvalue weighted by Gasteiger charge is 2.55. The summed E-state index contributed by atoms with van der Waals surface area (Å²) in [6.07, 6.45) is 7.79. The molecule has 0 N–H and O–H groups in total. The Kier molecular flexibility index (Phi) is 10.9. The molecular weight excluding hydrogens is 360 g/mol. The van der Waals surface area contributed by atoms with E-state index in [2.05, 4.69) is 20.4 Å². The van der Waals surface area contributed by atoms with E-state index in [1.807, 2.05) is 6.92 Å². The van der Waals surface area contributed by atoms with Gasteiger partial charge in [0, 0.05) is 6.08 Å². The number of rotatable bonds is 12. The zero-order valence-electron chi connectivity index (χ0n) is 17.7. The van der Waals surface area contributed by atoms with Gasteiger partial charge in [-0.15, -0.1) is 0 Å². The Balaban J connectivity index is 2.78. The Labute approximate surface area is 169 Å². The van der Waals surface area contributed by atoms with Crippen molar-refractivity contribution >= 4 is 17.9 Å². The molecule has 1 aliphatic carbocycles. The molecule has 1 saturated carbocycles. The lowest BCUT2D eigenvalue weighted by Gasteiger charge is -2.39. The number of esters is 3. The van der Waals surface area contributed by atoms with E-state index in [-0.39, 0.29) is 13.0 Å². The molecule has 1 fully saturated rings. The zero-order valence-corrected chi connectivity index (χ0v) is 17.7. The molecule has 0 saturated heterocycles. The third-order valence-electron chi connectivity index (χ3n) is 5.04. The third kappa shape index (κ3) is 7.28. The molecule has 0 spiro atoms. The summed E-state index contributed by atoms with van der Waals surface area (Å²) >= 11 is 0. The first kappa shape index (κ1) is 24.2. The van der Waals surface area contributed by atoms with Crippen LogP contribution >= 0.6 is 0 Å². The molecule has 0 radical (unpaired) electrons. The van der Waals surface area contributed by atoms with Gasteiger partial charge in [-0.3, -0.25) is 4.79 Å². The number of ether oxygens (including phenoxy) is 3. The summed E-state index contributed by atoms with van der Waals surface area (Å²) in [7, 11) is 0. The highest BCUT2D eigenvalue weighted by atomic mass is 16.6. The lowest BCUT2D eigenvalue weighted by molar-refractivity contribution is -0.198. The monoisotopic (exact) mass is 396 g/mol. The minimum Gasteiger partial charge on any atom is -0.465 e. The van der Waals surface area contributed by atoms with Crippen molar-refractivity contribution in [1.29, 1.82) is 0 Å². The third-order valence-corrected chi connectivity index (χ3v) is 5.04. The lowest BCUT2D eigenvalue weighted by atomic mass is 9.75. The number of carbonyl (C=O) groups is 3. The first-order chi connectivity index (χ1) is 13.4. The van der Waals surface area contributed by atoms with Crippen LogP contribution in [0.4, 0.5) is 0 Å². The van der Waals surface area contributed by atoms with Crippen LogP contribution in [0.5, 0.6) is 0 Å². The van der Waals surface area contributed by atoms with E-state index < -0.39 is 29.4 Å². The average Bonchev–Trinajstić information content (AvgIpc) is 2.68. The maximum Gasteiger partial charge on any atom is 0.351 e. The van der Waals surface area contributed by atoms with Gasteiger partial charge >= 0.3 is 17.9 Å². The van der Waals surface area contributed by atoms with E-state index in [0.717, 1.165) is 38.2 Å². The van der Waals surface area contributed by atoms with E-state index in [9.17, 15) is 14.4 Å². The molecule has 0 aromatic carbocycles. The Morgan fingerprint density at radius 3 is 2.50 bits per heavy atom. The van der Waals surface area contributed by atoms with Crippen molar-refractivity contribution in [2.24, 2.45) is 11.8 Å².